The Morgan fingerprint density at radius 2 is 1.69 bits per heavy atom. The number of hydrogen-bond acceptors (Lipinski definition) is 7. The highest BCUT2D eigenvalue weighted by Gasteiger charge is 2.39. The van der Waals surface area contributed by atoms with Gasteiger partial charge in [-0.05, 0) is 32.5 Å². The van der Waals surface area contributed by atoms with Gasteiger partial charge in [0.25, 0.3) is 0 Å². The first-order valence-electron chi connectivity index (χ1n) is 9.89. The highest BCUT2D eigenvalue weighted by atomic mass is 32.1. The summed E-state index contributed by atoms with van der Waals surface area (Å²) < 4.78 is 65.4. The third kappa shape index (κ3) is 10.6. The summed E-state index contributed by atoms with van der Waals surface area (Å²) in [5.74, 6) is -5.51. The van der Waals surface area contributed by atoms with Crippen molar-refractivity contribution in [3.63, 3.8) is 0 Å². The van der Waals surface area contributed by atoms with Crippen LogP contribution in [0.1, 0.15) is 17.0 Å². The lowest BCUT2D eigenvalue weighted by Crippen LogP contribution is -2.43. The Hall–Kier alpha value is -2.72. The molecule has 9 nitrogen and oxygen atoms in total. The molecular weight excluding hydrogens is 508 g/mol. The van der Waals surface area contributed by atoms with E-state index in [1.807, 2.05) is 24.1 Å². The molecule has 2 aromatic heterocycles. The number of alkyl halides is 6. The van der Waals surface area contributed by atoms with Gasteiger partial charge in [0.1, 0.15) is 5.01 Å². The maximum atomic E-state index is 10.6. The molecule has 0 bridgehead atoms. The quantitative estimate of drug-likeness (QED) is 0.565. The van der Waals surface area contributed by atoms with Crippen molar-refractivity contribution in [1.29, 1.82) is 0 Å². The number of aromatic nitrogens is 3. The maximum absolute atomic E-state index is 10.6. The number of rotatable bonds is 5. The number of aryl methyl sites for hydroxylation is 1. The van der Waals surface area contributed by atoms with E-state index in [2.05, 4.69) is 45.6 Å². The standard InChI is InChI=1S/C15H23N5S.2C2HF3O2/c1-18(2)13-4-6-20(11-15-16-5-7-21-15)14(13)8-12-9-17-19(3)10-12;2*3-2(4,5)1(6)7/h5,7,9-10,13-14H,4,6,8,11H2,1-3H3;2*(H,6,7)/t13-,14+;;/m1../s1. The minimum absolute atomic E-state index is 0.535. The Morgan fingerprint density at radius 3 is 2.06 bits per heavy atom. The van der Waals surface area contributed by atoms with E-state index < -0.39 is 24.3 Å². The second-order valence-corrected chi connectivity index (χ2v) is 8.59. The lowest BCUT2D eigenvalue weighted by atomic mass is 10.0. The largest absolute Gasteiger partial charge is 0.490 e. The third-order valence-corrected chi connectivity index (χ3v) is 5.56. The summed E-state index contributed by atoms with van der Waals surface area (Å²) in [4.78, 5) is 27.2. The molecule has 0 radical (unpaired) electrons. The van der Waals surface area contributed by atoms with Crippen LogP contribution in [-0.4, -0.2) is 91.8 Å². The molecule has 2 aromatic rings. The molecule has 0 aliphatic carbocycles. The van der Waals surface area contributed by atoms with Crippen LogP contribution in [0.15, 0.2) is 24.0 Å². The van der Waals surface area contributed by atoms with Crippen LogP contribution in [0.25, 0.3) is 0 Å². The Bertz CT molecular complexity index is 909. The molecule has 35 heavy (non-hydrogen) atoms. The number of carboxylic acid groups (broad SMARTS) is 2. The lowest BCUT2D eigenvalue weighted by Gasteiger charge is -2.31. The molecule has 0 saturated carbocycles. The van der Waals surface area contributed by atoms with Crippen LogP contribution < -0.4 is 0 Å². The summed E-state index contributed by atoms with van der Waals surface area (Å²) in [6, 6.07) is 1.14. The zero-order valence-corrected chi connectivity index (χ0v) is 19.7. The predicted molar refractivity (Wildman–Crippen MR) is 113 cm³/mol. The van der Waals surface area contributed by atoms with Gasteiger partial charge in [0.05, 0.1) is 12.7 Å². The molecule has 3 heterocycles. The second kappa shape index (κ2) is 12.8. The van der Waals surface area contributed by atoms with E-state index in [1.165, 1.54) is 17.0 Å². The number of hydrogen-bond donors (Lipinski definition) is 2. The molecule has 1 aliphatic rings. The van der Waals surface area contributed by atoms with E-state index >= 15 is 0 Å². The SMILES string of the molecule is CN(C)[C@@H]1CCN(Cc2nccs2)[C@H]1Cc1cnn(C)c1.O=C(O)C(F)(F)F.O=C(O)C(F)(F)F. The molecular formula is C19H25F6N5O4S. The number of likely N-dealkylation sites (N-methyl/N-ethyl adjacent to an activating group) is 1. The second-order valence-electron chi connectivity index (χ2n) is 7.62. The van der Waals surface area contributed by atoms with E-state index in [1.54, 1.807) is 11.3 Å². The number of carbonyl (C=O) groups is 2. The zero-order valence-electron chi connectivity index (χ0n) is 18.9. The van der Waals surface area contributed by atoms with Crippen molar-refractivity contribution in [2.75, 3.05) is 20.6 Å². The van der Waals surface area contributed by atoms with Crippen molar-refractivity contribution in [2.45, 2.75) is 43.8 Å². The molecule has 0 spiro atoms. The van der Waals surface area contributed by atoms with Gasteiger partial charge in [-0.15, -0.1) is 11.3 Å². The van der Waals surface area contributed by atoms with Gasteiger partial charge in [-0.2, -0.15) is 31.4 Å². The molecule has 3 rings (SSSR count). The van der Waals surface area contributed by atoms with Crippen molar-refractivity contribution in [1.82, 2.24) is 24.6 Å². The van der Waals surface area contributed by atoms with Gasteiger partial charge < -0.3 is 15.1 Å². The highest BCUT2D eigenvalue weighted by Crippen LogP contribution is 2.27. The summed E-state index contributed by atoms with van der Waals surface area (Å²) in [7, 11) is 6.36. The van der Waals surface area contributed by atoms with Crippen LogP contribution in [0.2, 0.25) is 0 Å². The Labute approximate surface area is 200 Å². The minimum atomic E-state index is -5.08. The van der Waals surface area contributed by atoms with Gasteiger partial charge in [-0.25, -0.2) is 14.6 Å². The minimum Gasteiger partial charge on any atom is -0.475 e. The maximum Gasteiger partial charge on any atom is 0.490 e. The number of nitrogens with zero attached hydrogens (tertiary/aromatic N) is 5. The summed E-state index contributed by atoms with van der Waals surface area (Å²) in [5.41, 5.74) is 1.32. The number of halogens is 6. The van der Waals surface area contributed by atoms with Crippen LogP contribution in [0.3, 0.4) is 0 Å². The van der Waals surface area contributed by atoms with Crippen molar-refractivity contribution in [3.8, 4) is 0 Å². The number of likely N-dealkylation sites (tertiary alicyclic amines) is 1. The molecule has 198 valence electrons. The summed E-state index contributed by atoms with van der Waals surface area (Å²) in [6.07, 6.45) is -1.86. The Balaban J connectivity index is 0.000000362. The Morgan fingerprint density at radius 1 is 1.14 bits per heavy atom. The number of aliphatic carboxylic acids is 2. The van der Waals surface area contributed by atoms with Crippen molar-refractivity contribution >= 4 is 23.3 Å². The van der Waals surface area contributed by atoms with Gasteiger partial charge in [0.15, 0.2) is 0 Å². The predicted octanol–water partition coefficient (Wildman–Crippen LogP) is 2.89. The fourth-order valence-corrected chi connectivity index (χ4v) is 3.93. The van der Waals surface area contributed by atoms with Crippen LogP contribution in [-0.2, 0) is 29.6 Å². The molecule has 0 amide bonds. The van der Waals surface area contributed by atoms with Gasteiger partial charge in [-0.1, -0.05) is 0 Å². The molecule has 2 N–H and O–H groups in total. The first kappa shape index (κ1) is 30.3. The van der Waals surface area contributed by atoms with Crippen molar-refractivity contribution in [3.05, 3.63) is 34.5 Å². The number of carboxylic acids is 2. The first-order chi connectivity index (χ1) is 16.0. The molecule has 0 unspecified atom stereocenters. The molecule has 0 aromatic carbocycles. The monoisotopic (exact) mass is 533 g/mol. The molecule has 16 heteroatoms. The molecule has 2 atom stereocenters. The molecule has 1 fully saturated rings. The Kier molecular flexibility index (Phi) is 11.1. The van der Waals surface area contributed by atoms with E-state index in [9.17, 15) is 26.3 Å². The molecule has 1 saturated heterocycles. The van der Waals surface area contributed by atoms with Gasteiger partial charge in [0, 0.05) is 43.4 Å². The van der Waals surface area contributed by atoms with Crippen LogP contribution in [0.4, 0.5) is 26.3 Å². The van der Waals surface area contributed by atoms with E-state index in [0.29, 0.717) is 12.1 Å². The molecule has 1 aliphatic heterocycles. The van der Waals surface area contributed by atoms with E-state index in [-0.39, 0.29) is 0 Å². The van der Waals surface area contributed by atoms with Gasteiger partial charge >= 0.3 is 24.3 Å². The number of thiazole rings is 1. The van der Waals surface area contributed by atoms with E-state index in [4.69, 9.17) is 19.8 Å². The summed E-state index contributed by atoms with van der Waals surface area (Å²) in [5, 5.41) is 21.8. The summed E-state index contributed by atoms with van der Waals surface area (Å²) >= 11 is 1.75. The van der Waals surface area contributed by atoms with Crippen LogP contribution in [0.5, 0.6) is 0 Å². The van der Waals surface area contributed by atoms with Crippen LogP contribution >= 0.6 is 11.3 Å². The smallest absolute Gasteiger partial charge is 0.475 e. The fourth-order valence-electron chi connectivity index (χ4n) is 3.29. The highest BCUT2D eigenvalue weighted by molar-refractivity contribution is 7.09. The normalized spacial score (nSPS) is 18.5. The van der Waals surface area contributed by atoms with Gasteiger partial charge in [0.2, 0.25) is 0 Å². The topological polar surface area (TPSA) is 112 Å². The van der Waals surface area contributed by atoms with E-state index in [0.717, 1.165) is 19.5 Å². The fraction of sp³-hybridized carbons (Fsp3) is 0.579. The van der Waals surface area contributed by atoms with Crippen LogP contribution in [0, 0.1) is 0 Å². The first-order valence-corrected chi connectivity index (χ1v) is 10.8. The van der Waals surface area contributed by atoms with Crippen molar-refractivity contribution in [2.24, 2.45) is 7.05 Å². The lowest BCUT2D eigenvalue weighted by molar-refractivity contribution is -0.193. The average molecular weight is 533 g/mol. The van der Waals surface area contributed by atoms with Gasteiger partial charge in [-0.3, -0.25) is 9.58 Å². The van der Waals surface area contributed by atoms with Crippen molar-refractivity contribution < 1.29 is 46.1 Å². The zero-order chi connectivity index (χ0) is 27.0. The average Bonchev–Trinajstić information content (AvgIpc) is 3.45. The summed E-state index contributed by atoms with van der Waals surface area (Å²) in [6.45, 7) is 2.11. The third-order valence-electron chi connectivity index (χ3n) is 4.80.